The van der Waals surface area contributed by atoms with Gasteiger partial charge >= 0.3 is 0 Å². The number of Topliss-reactive ketones (excluding diaryl/α,β-unsaturated/α-hetero) is 1. The molecule has 0 saturated heterocycles. The van der Waals surface area contributed by atoms with Crippen molar-refractivity contribution in [1.29, 1.82) is 0 Å². The number of hydrogen-bond acceptors (Lipinski definition) is 2. The molecule has 0 rings (SSSR count). The van der Waals surface area contributed by atoms with E-state index in [4.69, 9.17) is 11.6 Å². The summed E-state index contributed by atoms with van der Waals surface area (Å²) in [5.41, 5.74) is 0. The number of alkyl halides is 1. The van der Waals surface area contributed by atoms with E-state index in [1.807, 2.05) is 19.1 Å². The lowest BCUT2D eigenvalue weighted by molar-refractivity contribution is -0.118. The fourth-order valence-corrected chi connectivity index (χ4v) is 1.16. The second kappa shape index (κ2) is 7.10. The standard InChI is InChI=1S/C10H17ClO2/c1-3-4-5-6-9(11)10(13)7-8(2)12/h4-5,9-10,13H,3,6-7H2,1-2H3/b5-4+/t9-,10+/m1/s1. The van der Waals surface area contributed by atoms with Crippen LogP contribution < -0.4 is 0 Å². The molecule has 0 unspecified atom stereocenters. The predicted octanol–water partition coefficient (Wildman–Crippen LogP) is 2.29. The Hall–Kier alpha value is -0.340. The lowest BCUT2D eigenvalue weighted by atomic mass is 10.1. The Morgan fingerprint density at radius 3 is 2.62 bits per heavy atom. The molecule has 0 aliphatic rings. The zero-order valence-corrected chi connectivity index (χ0v) is 8.92. The van der Waals surface area contributed by atoms with Gasteiger partial charge in [0.1, 0.15) is 5.78 Å². The first-order chi connectivity index (χ1) is 6.07. The van der Waals surface area contributed by atoms with Crippen molar-refractivity contribution in [2.75, 3.05) is 0 Å². The maximum atomic E-state index is 10.7. The summed E-state index contributed by atoms with van der Waals surface area (Å²) in [5.74, 6) is -0.0300. The van der Waals surface area contributed by atoms with E-state index < -0.39 is 6.10 Å². The average Bonchev–Trinajstić information content (AvgIpc) is 2.03. The molecule has 0 spiro atoms. The molecular weight excluding hydrogens is 188 g/mol. The predicted molar refractivity (Wildman–Crippen MR) is 55.0 cm³/mol. The summed E-state index contributed by atoms with van der Waals surface area (Å²) < 4.78 is 0. The lowest BCUT2D eigenvalue weighted by Gasteiger charge is -2.13. The number of halogens is 1. The Morgan fingerprint density at radius 1 is 1.54 bits per heavy atom. The van der Waals surface area contributed by atoms with Crippen LogP contribution in [0, 0.1) is 0 Å². The fraction of sp³-hybridized carbons (Fsp3) is 0.700. The lowest BCUT2D eigenvalue weighted by Crippen LogP contribution is -2.22. The summed E-state index contributed by atoms with van der Waals surface area (Å²) in [6.45, 7) is 3.49. The van der Waals surface area contributed by atoms with Crippen molar-refractivity contribution >= 4 is 17.4 Å². The second-order valence-electron chi connectivity index (χ2n) is 3.10. The van der Waals surface area contributed by atoms with E-state index in [1.165, 1.54) is 6.92 Å². The molecule has 0 aromatic heterocycles. The molecule has 0 aliphatic carbocycles. The molecule has 0 radical (unpaired) electrons. The van der Waals surface area contributed by atoms with Crippen molar-refractivity contribution in [2.45, 2.75) is 44.6 Å². The molecule has 0 fully saturated rings. The third kappa shape index (κ3) is 6.79. The van der Waals surface area contributed by atoms with Crippen molar-refractivity contribution in [1.82, 2.24) is 0 Å². The Morgan fingerprint density at radius 2 is 2.15 bits per heavy atom. The van der Waals surface area contributed by atoms with Crippen LogP contribution in [0.5, 0.6) is 0 Å². The zero-order valence-electron chi connectivity index (χ0n) is 8.16. The SMILES string of the molecule is CC/C=C/C[C@@H](Cl)[C@@H](O)CC(C)=O. The van der Waals surface area contributed by atoms with Gasteiger partial charge < -0.3 is 5.11 Å². The molecule has 0 aromatic carbocycles. The van der Waals surface area contributed by atoms with Crippen LogP contribution in [0.25, 0.3) is 0 Å². The average molecular weight is 205 g/mol. The van der Waals surface area contributed by atoms with Gasteiger partial charge in [-0.05, 0) is 19.8 Å². The van der Waals surface area contributed by atoms with Gasteiger partial charge in [0.05, 0.1) is 11.5 Å². The number of rotatable bonds is 6. The Balaban J connectivity index is 3.74. The number of allylic oxidation sites excluding steroid dienone is 2. The molecular formula is C10H17ClO2. The summed E-state index contributed by atoms with van der Waals surface area (Å²) in [5, 5.41) is 9.05. The molecule has 76 valence electrons. The molecule has 0 bridgehead atoms. The number of carbonyl (C=O) groups is 1. The molecule has 3 heteroatoms. The first-order valence-electron chi connectivity index (χ1n) is 4.54. The second-order valence-corrected chi connectivity index (χ2v) is 3.67. The van der Waals surface area contributed by atoms with E-state index in [1.54, 1.807) is 0 Å². The minimum absolute atomic E-state index is 0.0300. The van der Waals surface area contributed by atoms with E-state index in [9.17, 15) is 9.90 Å². The number of ketones is 1. The topological polar surface area (TPSA) is 37.3 Å². The molecule has 0 aliphatic heterocycles. The molecule has 0 aromatic rings. The van der Waals surface area contributed by atoms with Gasteiger partial charge in [0, 0.05) is 6.42 Å². The van der Waals surface area contributed by atoms with Crippen molar-refractivity contribution in [3.05, 3.63) is 12.2 Å². The van der Waals surface area contributed by atoms with Crippen LogP contribution in [-0.4, -0.2) is 22.4 Å². The Bertz CT molecular complexity index is 178. The van der Waals surface area contributed by atoms with Gasteiger partial charge in [0.2, 0.25) is 0 Å². The van der Waals surface area contributed by atoms with Gasteiger partial charge in [0.25, 0.3) is 0 Å². The molecule has 0 amide bonds. The highest BCUT2D eigenvalue weighted by atomic mass is 35.5. The minimum Gasteiger partial charge on any atom is -0.391 e. The van der Waals surface area contributed by atoms with E-state index in [2.05, 4.69) is 0 Å². The summed E-state index contributed by atoms with van der Waals surface area (Å²) >= 11 is 5.86. The molecule has 0 saturated carbocycles. The van der Waals surface area contributed by atoms with Crippen molar-refractivity contribution in [2.24, 2.45) is 0 Å². The van der Waals surface area contributed by atoms with Gasteiger partial charge in [-0.15, -0.1) is 11.6 Å². The van der Waals surface area contributed by atoms with Crippen LogP contribution >= 0.6 is 11.6 Å². The summed E-state index contributed by atoms with van der Waals surface area (Å²) in [7, 11) is 0. The van der Waals surface area contributed by atoms with Gasteiger partial charge in [-0.25, -0.2) is 0 Å². The smallest absolute Gasteiger partial charge is 0.132 e. The van der Waals surface area contributed by atoms with Crippen LogP contribution in [0.3, 0.4) is 0 Å². The monoisotopic (exact) mass is 204 g/mol. The van der Waals surface area contributed by atoms with Gasteiger partial charge in [-0.3, -0.25) is 4.79 Å². The van der Waals surface area contributed by atoms with Crippen LogP contribution in [-0.2, 0) is 4.79 Å². The van der Waals surface area contributed by atoms with Crippen LogP contribution in [0.4, 0.5) is 0 Å². The highest BCUT2D eigenvalue weighted by Gasteiger charge is 2.16. The van der Waals surface area contributed by atoms with E-state index in [0.29, 0.717) is 6.42 Å². The van der Waals surface area contributed by atoms with Crippen LogP contribution in [0.2, 0.25) is 0 Å². The number of aliphatic hydroxyl groups excluding tert-OH is 1. The number of hydrogen-bond donors (Lipinski definition) is 1. The van der Waals surface area contributed by atoms with Crippen LogP contribution in [0.1, 0.15) is 33.1 Å². The van der Waals surface area contributed by atoms with Gasteiger partial charge in [0.15, 0.2) is 0 Å². The number of carbonyl (C=O) groups excluding carboxylic acids is 1. The maximum Gasteiger partial charge on any atom is 0.132 e. The molecule has 2 nitrogen and oxygen atoms in total. The van der Waals surface area contributed by atoms with E-state index >= 15 is 0 Å². The summed E-state index contributed by atoms with van der Waals surface area (Å²) in [4.78, 5) is 10.7. The highest BCUT2D eigenvalue weighted by molar-refractivity contribution is 6.21. The Kier molecular flexibility index (Phi) is 6.92. The van der Waals surface area contributed by atoms with E-state index in [0.717, 1.165) is 6.42 Å². The normalized spacial score (nSPS) is 16.0. The third-order valence-corrected chi connectivity index (χ3v) is 2.15. The maximum absolute atomic E-state index is 10.7. The van der Waals surface area contributed by atoms with E-state index in [-0.39, 0.29) is 17.6 Å². The van der Waals surface area contributed by atoms with Crippen molar-refractivity contribution in [3.8, 4) is 0 Å². The largest absolute Gasteiger partial charge is 0.391 e. The minimum atomic E-state index is -0.722. The highest BCUT2D eigenvalue weighted by Crippen LogP contribution is 2.12. The van der Waals surface area contributed by atoms with Crippen molar-refractivity contribution in [3.63, 3.8) is 0 Å². The molecule has 0 heterocycles. The third-order valence-electron chi connectivity index (χ3n) is 1.68. The summed E-state index contributed by atoms with van der Waals surface area (Å²) in [6.07, 6.45) is 4.93. The quantitative estimate of drug-likeness (QED) is 0.533. The fourth-order valence-electron chi connectivity index (χ4n) is 0.972. The zero-order chi connectivity index (χ0) is 10.3. The molecule has 1 N–H and O–H groups in total. The van der Waals surface area contributed by atoms with Crippen LogP contribution in [0.15, 0.2) is 12.2 Å². The molecule has 13 heavy (non-hydrogen) atoms. The van der Waals surface area contributed by atoms with Crippen molar-refractivity contribution < 1.29 is 9.90 Å². The number of aliphatic hydroxyl groups is 1. The van der Waals surface area contributed by atoms with Gasteiger partial charge in [-0.2, -0.15) is 0 Å². The van der Waals surface area contributed by atoms with Gasteiger partial charge in [-0.1, -0.05) is 19.1 Å². The summed E-state index contributed by atoms with van der Waals surface area (Å²) in [6, 6.07) is 0. The first kappa shape index (κ1) is 12.7. The molecule has 2 atom stereocenters. The Labute approximate surface area is 84.6 Å². The first-order valence-corrected chi connectivity index (χ1v) is 4.98.